The number of benzene rings is 2. The zero-order valence-electron chi connectivity index (χ0n) is 17.1. The molecule has 0 spiro atoms. The van der Waals surface area contributed by atoms with Crippen LogP contribution in [-0.2, 0) is 0 Å². The lowest BCUT2D eigenvalue weighted by molar-refractivity contribution is 0.0598. The number of aryl methyl sites for hydroxylation is 1. The minimum atomic E-state index is -0.205. The van der Waals surface area contributed by atoms with Crippen molar-refractivity contribution < 1.29 is 9.59 Å². The second-order valence-corrected chi connectivity index (χ2v) is 7.93. The van der Waals surface area contributed by atoms with Crippen LogP contribution < -0.4 is 5.32 Å². The minimum Gasteiger partial charge on any atom is -0.361 e. The fraction of sp³-hybridized carbons (Fsp3) is 0.160. The lowest BCUT2D eigenvalue weighted by Gasteiger charge is -2.39. The van der Waals surface area contributed by atoms with Gasteiger partial charge in [-0.3, -0.25) is 14.6 Å². The number of carbonyl (C=O) groups is 2. The highest BCUT2D eigenvalue weighted by Crippen LogP contribution is 2.28. The van der Waals surface area contributed by atoms with Gasteiger partial charge in [0.25, 0.3) is 11.8 Å². The molecule has 31 heavy (non-hydrogen) atoms. The third kappa shape index (κ3) is 3.68. The summed E-state index contributed by atoms with van der Waals surface area (Å²) in [5, 5.41) is 4.01. The van der Waals surface area contributed by atoms with Crippen LogP contribution in [0, 0.1) is 6.92 Å². The fourth-order valence-electron chi connectivity index (χ4n) is 3.90. The lowest BCUT2D eigenvalue weighted by atomic mass is 9.94. The number of hydrogen-bond donors (Lipinski definition) is 2. The molecular weight excluding hydrogens is 388 g/mol. The maximum atomic E-state index is 12.9. The molecule has 1 saturated heterocycles. The Hall–Kier alpha value is -3.93. The molecule has 2 aromatic heterocycles. The van der Waals surface area contributed by atoms with Crippen molar-refractivity contribution in [3.8, 4) is 0 Å². The maximum absolute atomic E-state index is 12.9. The number of pyridine rings is 1. The van der Waals surface area contributed by atoms with Crippen LogP contribution in [-0.4, -0.2) is 39.8 Å². The largest absolute Gasteiger partial charge is 0.361 e. The number of rotatable bonds is 4. The molecule has 0 radical (unpaired) electrons. The normalized spacial score (nSPS) is 13.8. The maximum Gasteiger partial charge on any atom is 0.255 e. The van der Waals surface area contributed by atoms with Crippen molar-refractivity contribution in [2.24, 2.45) is 0 Å². The van der Waals surface area contributed by atoms with Crippen molar-refractivity contribution in [2.75, 3.05) is 18.4 Å². The molecular formula is C25H22N4O2. The van der Waals surface area contributed by atoms with Gasteiger partial charge in [-0.25, -0.2) is 0 Å². The predicted molar refractivity (Wildman–Crippen MR) is 120 cm³/mol. The first-order valence-electron chi connectivity index (χ1n) is 10.3. The highest BCUT2D eigenvalue weighted by molar-refractivity contribution is 6.07. The van der Waals surface area contributed by atoms with Gasteiger partial charge in [0.15, 0.2) is 0 Å². The highest BCUT2D eigenvalue weighted by Gasteiger charge is 2.33. The number of H-pyrrole nitrogens is 1. The molecule has 1 aliphatic heterocycles. The summed E-state index contributed by atoms with van der Waals surface area (Å²) < 4.78 is 0. The van der Waals surface area contributed by atoms with E-state index >= 15 is 0 Å². The van der Waals surface area contributed by atoms with Crippen LogP contribution >= 0.6 is 0 Å². The van der Waals surface area contributed by atoms with Crippen LogP contribution in [0.15, 0.2) is 73.1 Å². The molecule has 0 aliphatic carbocycles. The van der Waals surface area contributed by atoms with Crippen LogP contribution in [0.1, 0.15) is 37.9 Å². The van der Waals surface area contributed by atoms with E-state index in [2.05, 4.69) is 15.3 Å². The van der Waals surface area contributed by atoms with E-state index in [1.165, 1.54) is 0 Å². The van der Waals surface area contributed by atoms with Gasteiger partial charge in [-0.2, -0.15) is 0 Å². The Morgan fingerprint density at radius 3 is 2.68 bits per heavy atom. The second-order valence-electron chi connectivity index (χ2n) is 7.93. The third-order valence-corrected chi connectivity index (χ3v) is 5.82. The monoisotopic (exact) mass is 410 g/mol. The first-order valence-corrected chi connectivity index (χ1v) is 10.3. The Balaban J connectivity index is 1.30. The van der Waals surface area contributed by atoms with Crippen molar-refractivity contribution >= 4 is 28.4 Å². The van der Waals surface area contributed by atoms with Crippen LogP contribution in [0.2, 0.25) is 0 Å². The summed E-state index contributed by atoms with van der Waals surface area (Å²) in [4.78, 5) is 35.0. The third-order valence-electron chi connectivity index (χ3n) is 5.82. The predicted octanol–water partition coefficient (Wildman–Crippen LogP) is 4.36. The molecule has 2 N–H and O–H groups in total. The molecule has 1 fully saturated rings. The summed E-state index contributed by atoms with van der Waals surface area (Å²) >= 11 is 0. The smallest absolute Gasteiger partial charge is 0.255 e. The first-order chi connectivity index (χ1) is 15.1. The Bertz CT molecular complexity index is 1270. The fourth-order valence-corrected chi connectivity index (χ4v) is 3.90. The molecule has 1 aliphatic rings. The first kappa shape index (κ1) is 19.1. The van der Waals surface area contributed by atoms with Crippen molar-refractivity contribution in [3.05, 3.63) is 95.4 Å². The van der Waals surface area contributed by atoms with Gasteiger partial charge in [0.2, 0.25) is 0 Å². The van der Waals surface area contributed by atoms with E-state index < -0.39 is 0 Å². The van der Waals surface area contributed by atoms with Gasteiger partial charge in [-0.05, 0) is 60.3 Å². The molecule has 0 saturated carbocycles. The van der Waals surface area contributed by atoms with E-state index in [1.54, 1.807) is 18.3 Å². The van der Waals surface area contributed by atoms with Gasteiger partial charge in [-0.15, -0.1) is 0 Å². The number of nitrogens with zero attached hydrogens (tertiary/aromatic N) is 2. The summed E-state index contributed by atoms with van der Waals surface area (Å²) in [6.07, 6.45) is 3.63. The Kier molecular flexibility index (Phi) is 4.75. The number of anilines is 1. The number of nitrogens with one attached hydrogen (secondary N) is 2. The van der Waals surface area contributed by atoms with Crippen LogP contribution in [0.4, 0.5) is 5.69 Å². The standard InChI is InChI=1S/C25H22N4O2/c1-16-5-6-19(25(31)29-14-20(15-29)21-4-2-3-10-26-21)13-22(16)28-24(30)18-8-7-17-9-11-27-23(17)12-18/h2-13,20,27H,14-15H2,1H3,(H,28,30). The Morgan fingerprint density at radius 1 is 1.03 bits per heavy atom. The van der Waals surface area contributed by atoms with Crippen molar-refractivity contribution in [1.29, 1.82) is 0 Å². The van der Waals surface area contributed by atoms with E-state index in [0.717, 1.165) is 22.2 Å². The zero-order chi connectivity index (χ0) is 21.4. The van der Waals surface area contributed by atoms with Crippen LogP contribution in [0.3, 0.4) is 0 Å². The van der Waals surface area contributed by atoms with Crippen molar-refractivity contribution in [3.63, 3.8) is 0 Å². The van der Waals surface area contributed by atoms with Crippen molar-refractivity contribution in [2.45, 2.75) is 12.8 Å². The highest BCUT2D eigenvalue weighted by atomic mass is 16.2. The molecule has 2 amide bonds. The molecule has 0 unspecified atom stereocenters. The van der Waals surface area contributed by atoms with E-state index in [1.807, 2.05) is 66.6 Å². The minimum absolute atomic E-state index is 0.0320. The topological polar surface area (TPSA) is 78.1 Å². The molecule has 154 valence electrons. The van der Waals surface area contributed by atoms with Crippen molar-refractivity contribution in [1.82, 2.24) is 14.9 Å². The van der Waals surface area contributed by atoms with Gasteiger partial charge in [0, 0.05) is 59.4 Å². The van der Waals surface area contributed by atoms with Crippen LogP contribution in [0.5, 0.6) is 0 Å². The molecule has 0 bridgehead atoms. The lowest BCUT2D eigenvalue weighted by Crippen LogP contribution is -2.48. The van der Waals surface area contributed by atoms with Crippen LogP contribution in [0.25, 0.3) is 10.9 Å². The average molecular weight is 410 g/mol. The average Bonchev–Trinajstić information content (AvgIpc) is 3.23. The molecule has 6 nitrogen and oxygen atoms in total. The quantitative estimate of drug-likeness (QED) is 0.525. The second kappa shape index (κ2) is 7.72. The number of fused-ring (bicyclic) bond motifs is 1. The summed E-state index contributed by atoms with van der Waals surface area (Å²) in [5.41, 5.74) is 4.60. The number of amides is 2. The number of hydrogen-bond acceptors (Lipinski definition) is 3. The number of likely N-dealkylation sites (tertiary alicyclic amines) is 1. The van der Waals surface area contributed by atoms with E-state index in [-0.39, 0.29) is 17.7 Å². The van der Waals surface area contributed by atoms with Gasteiger partial charge in [0.05, 0.1) is 0 Å². The summed E-state index contributed by atoms with van der Waals surface area (Å²) in [7, 11) is 0. The van der Waals surface area contributed by atoms with Gasteiger partial charge in [0.1, 0.15) is 0 Å². The van der Waals surface area contributed by atoms with E-state index in [9.17, 15) is 9.59 Å². The SMILES string of the molecule is Cc1ccc(C(=O)N2CC(c3ccccn3)C2)cc1NC(=O)c1ccc2cc[nH]c2c1. The summed E-state index contributed by atoms with van der Waals surface area (Å²) in [6.45, 7) is 3.22. The number of aromatic amines is 1. The summed E-state index contributed by atoms with van der Waals surface area (Å²) in [5.74, 6) is 0.0385. The van der Waals surface area contributed by atoms with Gasteiger partial charge in [-0.1, -0.05) is 18.2 Å². The molecule has 6 heteroatoms. The molecule has 5 rings (SSSR count). The molecule has 3 heterocycles. The number of aromatic nitrogens is 2. The zero-order valence-corrected chi connectivity index (χ0v) is 17.1. The number of carbonyl (C=O) groups excluding carboxylic acids is 2. The molecule has 0 atom stereocenters. The molecule has 4 aromatic rings. The molecule has 2 aromatic carbocycles. The van der Waals surface area contributed by atoms with E-state index in [4.69, 9.17) is 0 Å². The Labute approximate surface area is 179 Å². The van der Waals surface area contributed by atoms with Gasteiger partial charge < -0.3 is 15.2 Å². The summed E-state index contributed by atoms with van der Waals surface area (Å²) in [6, 6.07) is 18.8. The Morgan fingerprint density at radius 2 is 1.87 bits per heavy atom. The van der Waals surface area contributed by atoms with E-state index in [0.29, 0.717) is 29.9 Å². The van der Waals surface area contributed by atoms with Gasteiger partial charge >= 0.3 is 0 Å².